The zero-order valence-corrected chi connectivity index (χ0v) is 8.71. The Morgan fingerprint density at radius 2 is 2.07 bits per heavy atom. The molecule has 0 aliphatic rings. The summed E-state index contributed by atoms with van der Waals surface area (Å²) in [6.07, 6.45) is -2.49. The van der Waals surface area contributed by atoms with Crippen LogP contribution in [0.15, 0.2) is 22.4 Å². The van der Waals surface area contributed by atoms with Crippen molar-refractivity contribution in [3.63, 3.8) is 0 Å². The van der Waals surface area contributed by atoms with Gasteiger partial charge in [-0.25, -0.2) is 8.78 Å². The number of halogens is 2. The van der Waals surface area contributed by atoms with E-state index in [1.807, 2.05) is 0 Å². The molecule has 0 aliphatic heterocycles. The average Bonchev–Trinajstić information content (AvgIpc) is 2.56. The van der Waals surface area contributed by atoms with E-state index in [2.05, 4.69) is 12.6 Å². The van der Waals surface area contributed by atoms with E-state index in [-0.39, 0.29) is 5.56 Å². The Morgan fingerprint density at radius 3 is 2.71 bits per heavy atom. The van der Waals surface area contributed by atoms with Crippen molar-refractivity contribution in [3.05, 3.63) is 23.1 Å². The first kappa shape index (κ1) is 9.73. The fraction of sp³-hybridized carbons (Fsp3) is 0.111. The van der Waals surface area contributed by atoms with Crippen LogP contribution in [-0.4, -0.2) is 0 Å². The van der Waals surface area contributed by atoms with Crippen LogP contribution in [0.3, 0.4) is 0 Å². The third-order valence-corrected chi connectivity index (χ3v) is 3.55. The Morgan fingerprint density at radius 1 is 1.36 bits per heavy atom. The van der Waals surface area contributed by atoms with Crippen molar-refractivity contribution in [2.45, 2.75) is 11.3 Å². The minimum atomic E-state index is -2.49. The standard InChI is InChI=1S/C9H7F2NS2/c10-9(11)4-3-14-8-6(13)2-1-5(12)7(4)8/h1-3,9,13H,12H2. The van der Waals surface area contributed by atoms with Gasteiger partial charge >= 0.3 is 0 Å². The minimum absolute atomic E-state index is 0.00148. The second-order valence-corrected chi connectivity index (χ2v) is 4.23. The van der Waals surface area contributed by atoms with E-state index < -0.39 is 6.43 Å². The third kappa shape index (κ3) is 1.36. The summed E-state index contributed by atoms with van der Waals surface area (Å²) in [7, 11) is 0. The Balaban J connectivity index is 2.84. The van der Waals surface area contributed by atoms with Gasteiger partial charge in [-0.15, -0.1) is 24.0 Å². The van der Waals surface area contributed by atoms with E-state index in [1.165, 1.54) is 16.7 Å². The van der Waals surface area contributed by atoms with Crippen LogP contribution in [0.2, 0.25) is 0 Å². The monoisotopic (exact) mass is 231 g/mol. The van der Waals surface area contributed by atoms with Gasteiger partial charge in [0.2, 0.25) is 0 Å². The molecule has 0 spiro atoms. The Kier molecular flexibility index (Phi) is 2.36. The summed E-state index contributed by atoms with van der Waals surface area (Å²) in [4.78, 5) is 0.686. The Bertz CT molecular complexity index is 479. The van der Waals surface area contributed by atoms with Crippen LogP contribution in [0, 0.1) is 0 Å². The molecule has 0 bridgehead atoms. The van der Waals surface area contributed by atoms with E-state index in [9.17, 15) is 8.78 Å². The molecule has 0 amide bonds. The fourth-order valence-corrected chi connectivity index (χ4v) is 2.70. The van der Waals surface area contributed by atoms with Gasteiger partial charge in [-0.05, 0) is 12.1 Å². The van der Waals surface area contributed by atoms with Crippen LogP contribution in [0.5, 0.6) is 0 Å². The van der Waals surface area contributed by atoms with E-state index in [0.717, 1.165) is 4.70 Å². The topological polar surface area (TPSA) is 26.0 Å². The second-order valence-electron chi connectivity index (χ2n) is 2.87. The van der Waals surface area contributed by atoms with Crippen LogP contribution in [0.4, 0.5) is 14.5 Å². The number of nitrogen functional groups attached to an aromatic ring is 1. The summed E-state index contributed by atoms with van der Waals surface area (Å²) in [5.74, 6) is 0. The number of rotatable bonds is 1. The smallest absolute Gasteiger partial charge is 0.265 e. The molecule has 5 heteroatoms. The van der Waals surface area contributed by atoms with Crippen molar-refractivity contribution < 1.29 is 8.78 Å². The molecule has 14 heavy (non-hydrogen) atoms. The molecule has 2 N–H and O–H groups in total. The van der Waals surface area contributed by atoms with Gasteiger partial charge in [-0.3, -0.25) is 0 Å². The Labute approximate surface area is 88.9 Å². The molecule has 2 rings (SSSR count). The highest BCUT2D eigenvalue weighted by Gasteiger charge is 2.16. The highest BCUT2D eigenvalue weighted by molar-refractivity contribution is 7.80. The first-order valence-electron chi connectivity index (χ1n) is 3.88. The number of anilines is 1. The number of thiol groups is 1. The van der Waals surface area contributed by atoms with Gasteiger partial charge in [0.1, 0.15) is 0 Å². The lowest BCUT2D eigenvalue weighted by Gasteiger charge is -2.02. The van der Waals surface area contributed by atoms with E-state index >= 15 is 0 Å². The van der Waals surface area contributed by atoms with Gasteiger partial charge in [0.05, 0.1) is 4.70 Å². The van der Waals surface area contributed by atoms with Crippen molar-refractivity contribution in [2.24, 2.45) is 0 Å². The molecule has 0 saturated heterocycles. The highest BCUT2D eigenvalue weighted by Crippen LogP contribution is 2.39. The van der Waals surface area contributed by atoms with E-state index in [4.69, 9.17) is 5.73 Å². The molecule has 0 radical (unpaired) electrons. The normalized spacial score (nSPS) is 11.4. The predicted molar refractivity (Wildman–Crippen MR) is 58.4 cm³/mol. The number of benzene rings is 1. The first-order valence-corrected chi connectivity index (χ1v) is 5.20. The Hall–Kier alpha value is -0.810. The van der Waals surface area contributed by atoms with Crippen molar-refractivity contribution >= 4 is 39.7 Å². The third-order valence-electron chi connectivity index (χ3n) is 2.00. The van der Waals surface area contributed by atoms with Crippen LogP contribution >= 0.6 is 24.0 Å². The second kappa shape index (κ2) is 3.40. The number of fused-ring (bicyclic) bond motifs is 1. The molecule has 0 atom stereocenters. The lowest BCUT2D eigenvalue weighted by atomic mass is 10.1. The zero-order chi connectivity index (χ0) is 10.3. The molecular weight excluding hydrogens is 224 g/mol. The van der Waals surface area contributed by atoms with Gasteiger partial charge in [0.25, 0.3) is 6.43 Å². The number of nitrogens with two attached hydrogens (primary N) is 1. The summed E-state index contributed by atoms with van der Waals surface area (Å²) < 4.78 is 25.9. The van der Waals surface area contributed by atoms with Crippen molar-refractivity contribution in [3.8, 4) is 0 Å². The molecule has 1 heterocycles. The molecular formula is C9H7F2NS2. The molecule has 1 aromatic carbocycles. The molecule has 74 valence electrons. The maximum atomic E-state index is 12.6. The molecule has 0 aliphatic carbocycles. The molecule has 0 unspecified atom stereocenters. The first-order chi connectivity index (χ1) is 6.61. The van der Waals surface area contributed by atoms with Crippen LogP contribution < -0.4 is 5.73 Å². The quantitative estimate of drug-likeness (QED) is 0.568. The van der Waals surface area contributed by atoms with Crippen molar-refractivity contribution in [1.29, 1.82) is 0 Å². The van der Waals surface area contributed by atoms with Gasteiger partial charge in [-0.2, -0.15) is 0 Å². The largest absolute Gasteiger partial charge is 0.398 e. The maximum absolute atomic E-state index is 12.6. The SMILES string of the molecule is Nc1ccc(S)c2scc(C(F)F)c12. The van der Waals surface area contributed by atoms with Crippen LogP contribution in [0.25, 0.3) is 10.1 Å². The van der Waals surface area contributed by atoms with Gasteiger partial charge in [0.15, 0.2) is 0 Å². The van der Waals surface area contributed by atoms with Crippen molar-refractivity contribution in [2.75, 3.05) is 5.73 Å². The van der Waals surface area contributed by atoms with Gasteiger partial charge in [0, 0.05) is 26.9 Å². The van der Waals surface area contributed by atoms with E-state index in [0.29, 0.717) is 16.0 Å². The van der Waals surface area contributed by atoms with Crippen molar-refractivity contribution in [1.82, 2.24) is 0 Å². The molecule has 1 aromatic heterocycles. The molecule has 0 saturated carbocycles. The average molecular weight is 231 g/mol. The van der Waals surface area contributed by atoms with Gasteiger partial charge < -0.3 is 5.73 Å². The number of hydrogen-bond donors (Lipinski definition) is 2. The fourth-order valence-electron chi connectivity index (χ4n) is 1.35. The number of hydrogen-bond acceptors (Lipinski definition) is 3. The summed E-state index contributed by atoms with van der Waals surface area (Å²) in [6.45, 7) is 0. The van der Waals surface area contributed by atoms with E-state index in [1.54, 1.807) is 12.1 Å². The van der Waals surface area contributed by atoms with Gasteiger partial charge in [-0.1, -0.05) is 0 Å². The highest BCUT2D eigenvalue weighted by atomic mass is 32.1. The lowest BCUT2D eigenvalue weighted by Crippen LogP contribution is -1.89. The summed E-state index contributed by atoms with van der Waals surface area (Å²) in [6, 6.07) is 3.32. The molecule has 0 fully saturated rings. The van der Waals surface area contributed by atoms with Crippen LogP contribution in [-0.2, 0) is 0 Å². The molecule has 1 nitrogen and oxygen atoms in total. The molecule has 2 aromatic rings. The summed E-state index contributed by atoms with van der Waals surface area (Å²) >= 11 is 5.44. The van der Waals surface area contributed by atoms with Crippen LogP contribution in [0.1, 0.15) is 12.0 Å². The summed E-state index contributed by atoms with van der Waals surface area (Å²) in [5, 5.41) is 1.88. The minimum Gasteiger partial charge on any atom is -0.398 e. The predicted octanol–water partition coefficient (Wildman–Crippen LogP) is 3.71. The zero-order valence-electron chi connectivity index (χ0n) is 7.00. The lowest BCUT2D eigenvalue weighted by molar-refractivity contribution is 0.153. The number of alkyl halides is 2. The number of thiophene rings is 1. The summed E-state index contributed by atoms with van der Waals surface area (Å²) in [5.41, 5.74) is 6.03. The maximum Gasteiger partial charge on any atom is 0.265 e.